The highest BCUT2D eigenvalue weighted by atomic mass is 16.7. The Morgan fingerprint density at radius 2 is 1.80 bits per heavy atom. The van der Waals surface area contributed by atoms with Crippen LogP contribution in [-0.2, 0) is 42.8 Å². The molecule has 0 aromatic carbocycles. The zero-order valence-electron chi connectivity index (χ0n) is 20.9. The van der Waals surface area contributed by atoms with E-state index in [1.54, 1.807) is 6.08 Å². The number of allylic oxidation sites excluding steroid dienone is 1. The largest absolute Gasteiger partial charge is 0.462 e. The highest BCUT2D eigenvalue weighted by Gasteiger charge is 2.64. The fourth-order valence-electron chi connectivity index (χ4n) is 5.39. The predicted octanol–water partition coefficient (Wildman–Crippen LogP) is 3.13. The Bertz CT molecular complexity index is 956. The molecular formula is C26H34O9. The highest BCUT2D eigenvalue weighted by molar-refractivity contribution is 5.68. The van der Waals surface area contributed by atoms with Gasteiger partial charge in [0.15, 0.2) is 12.2 Å². The van der Waals surface area contributed by atoms with Crippen molar-refractivity contribution in [3.63, 3.8) is 0 Å². The van der Waals surface area contributed by atoms with Gasteiger partial charge in [0.25, 0.3) is 0 Å². The van der Waals surface area contributed by atoms with Crippen molar-refractivity contribution in [3.8, 4) is 0 Å². The summed E-state index contributed by atoms with van der Waals surface area (Å²) in [5.41, 5.74) is 2.03. The Balaban J connectivity index is 1.75. The van der Waals surface area contributed by atoms with Crippen LogP contribution in [0.1, 0.15) is 53.9 Å². The minimum absolute atomic E-state index is 0.000167. The summed E-state index contributed by atoms with van der Waals surface area (Å²) in [4.78, 5) is 36.0. The van der Waals surface area contributed by atoms with E-state index in [0.717, 1.165) is 11.1 Å². The molecule has 3 aliphatic heterocycles. The molecule has 9 nitrogen and oxygen atoms in total. The van der Waals surface area contributed by atoms with E-state index in [9.17, 15) is 14.4 Å². The van der Waals surface area contributed by atoms with E-state index in [2.05, 4.69) is 6.58 Å². The summed E-state index contributed by atoms with van der Waals surface area (Å²) in [5, 5.41) is 0. The topological polar surface area (TPSA) is 113 Å². The number of rotatable bonds is 6. The second kappa shape index (κ2) is 9.78. The molecule has 1 spiro atoms. The van der Waals surface area contributed by atoms with Crippen molar-refractivity contribution in [2.24, 2.45) is 11.8 Å². The van der Waals surface area contributed by atoms with Gasteiger partial charge in [-0.15, -0.1) is 0 Å². The molecule has 35 heavy (non-hydrogen) atoms. The van der Waals surface area contributed by atoms with Gasteiger partial charge in [-0.1, -0.05) is 17.7 Å². The molecule has 1 aliphatic carbocycles. The maximum atomic E-state index is 12.2. The smallest absolute Gasteiger partial charge is 0.305 e. The van der Waals surface area contributed by atoms with Crippen LogP contribution in [0.3, 0.4) is 0 Å². The maximum Gasteiger partial charge on any atom is 0.305 e. The number of carbonyl (C=O) groups excluding carboxylic acids is 3. The van der Waals surface area contributed by atoms with Gasteiger partial charge in [-0.25, -0.2) is 0 Å². The third-order valence-corrected chi connectivity index (χ3v) is 6.92. The first-order valence-electron chi connectivity index (χ1n) is 12.0. The molecule has 1 saturated carbocycles. The molecule has 4 rings (SSSR count). The van der Waals surface area contributed by atoms with Crippen molar-refractivity contribution in [2.45, 2.75) is 90.2 Å². The summed E-state index contributed by atoms with van der Waals surface area (Å²) in [7, 11) is 0. The van der Waals surface area contributed by atoms with E-state index in [1.165, 1.54) is 27.0 Å². The third kappa shape index (κ3) is 5.62. The van der Waals surface area contributed by atoms with E-state index in [-0.39, 0.29) is 23.7 Å². The van der Waals surface area contributed by atoms with E-state index in [4.69, 9.17) is 28.4 Å². The third-order valence-electron chi connectivity index (χ3n) is 6.92. The Hall–Kier alpha value is -2.65. The fourth-order valence-corrected chi connectivity index (χ4v) is 5.39. The minimum atomic E-state index is -0.924. The van der Waals surface area contributed by atoms with Crippen molar-refractivity contribution in [2.75, 3.05) is 6.61 Å². The average Bonchev–Trinajstić information content (AvgIpc) is 3.64. The first-order valence-corrected chi connectivity index (χ1v) is 12.0. The lowest BCUT2D eigenvalue weighted by Gasteiger charge is -2.41. The Kier molecular flexibility index (Phi) is 7.11. The first kappa shape index (κ1) is 25.4. The SMILES string of the molecule is C=C1C[C@@H]2O[C@H]2[C@]2(CC[C@@H]3C([C@@H](OC(C)=O)[C@H](C=C(C)C)OC(C)=O)=CO[C@H](OC(C)=O)[C@@H]13)CO2. The number of hydrogen-bond donors (Lipinski definition) is 0. The summed E-state index contributed by atoms with van der Waals surface area (Å²) in [6.07, 6.45) is 2.51. The normalized spacial score (nSPS) is 34.7. The molecule has 4 aliphatic rings. The quantitative estimate of drug-likeness (QED) is 0.240. The van der Waals surface area contributed by atoms with Crippen LogP contribution < -0.4 is 0 Å². The molecule has 0 bridgehead atoms. The van der Waals surface area contributed by atoms with E-state index < -0.39 is 42.3 Å². The van der Waals surface area contributed by atoms with Gasteiger partial charge in [0.05, 0.1) is 24.9 Å². The van der Waals surface area contributed by atoms with Crippen LogP contribution in [0.5, 0.6) is 0 Å². The molecule has 0 unspecified atom stereocenters. The van der Waals surface area contributed by atoms with Crippen LogP contribution in [0.25, 0.3) is 0 Å². The number of esters is 3. The molecule has 0 aromatic heterocycles. The van der Waals surface area contributed by atoms with Gasteiger partial charge >= 0.3 is 17.9 Å². The van der Waals surface area contributed by atoms with Crippen LogP contribution >= 0.6 is 0 Å². The number of hydrogen-bond acceptors (Lipinski definition) is 9. The van der Waals surface area contributed by atoms with Gasteiger partial charge < -0.3 is 28.4 Å². The van der Waals surface area contributed by atoms with Crippen molar-refractivity contribution >= 4 is 17.9 Å². The monoisotopic (exact) mass is 490 g/mol. The van der Waals surface area contributed by atoms with Crippen LogP contribution in [0.2, 0.25) is 0 Å². The van der Waals surface area contributed by atoms with Crippen LogP contribution in [-0.4, -0.2) is 60.8 Å². The van der Waals surface area contributed by atoms with Gasteiger partial charge in [-0.3, -0.25) is 14.4 Å². The van der Waals surface area contributed by atoms with Gasteiger partial charge in [0, 0.05) is 32.3 Å². The summed E-state index contributed by atoms with van der Waals surface area (Å²) in [6.45, 7) is 12.6. The van der Waals surface area contributed by atoms with E-state index >= 15 is 0 Å². The van der Waals surface area contributed by atoms with E-state index in [0.29, 0.717) is 31.4 Å². The molecule has 8 atom stereocenters. The summed E-state index contributed by atoms with van der Waals surface area (Å²) in [5.74, 6) is -2.16. The van der Waals surface area contributed by atoms with Gasteiger partial charge in [0.1, 0.15) is 11.7 Å². The summed E-state index contributed by atoms with van der Waals surface area (Å²) < 4.78 is 34.6. The molecular weight excluding hydrogens is 456 g/mol. The van der Waals surface area contributed by atoms with E-state index in [1.807, 2.05) is 13.8 Å². The van der Waals surface area contributed by atoms with Crippen molar-refractivity contribution in [3.05, 3.63) is 35.6 Å². The lowest BCUT2D eigenvalue weighted by atomic mass is 9.73. The van der Waals surface area contributed by atoms with Crippen LogP contribution in [0, 0.1) is 11.8 Å². The number of fused-ring (bicyclic) bond motifs is 3. The molecule has 0 radical (unpaired) electrons. The number of carbonyl (C=O) groups is 3. The second-order valence-electron chi connectivity index (χ2n) is 10.1. The van der Waals surface area contributed by atoms with Gasteiger partial charge in [0.2, 0.25) is 6.29 Å². The van der Waals surface area contributed by atoms with Crippen molar-refractivity contribution in [1.82, 2.24) is 0 Å². The van der Waals surface area contributed by atoms with Gasteiger partial charge in [-0.05, 0) is 39.2 Å². The fraction of sp³-hybridized carbons (Fsp3) is 0.654. The first-order chi connectivity index (χ1) is 16.5. The standard InChI is InChI=1S/C26H34O9/c1-13(2)9-20(32-15(4)27)23(33-16(5)28)19-11-30-25(34-17(6)29)22-14(3)10-21-24(35-21)26(12-31-26)8-7-18(19)22/h9,11,18,20-25H,3,7-8,10,12H2,1-2,4-6H3/t18-,20+,21+,22+,23-,24-,25-,26+/m1/s1. The van der Waals surface area contributed by atoms with Crippen LogP contribution in [0.15, 0.2) is 35.6 Å². The Morgan fingerprint density at radius 1 is 1.11 bits per heavy atom. The molecule has 0 amide bonds. The molecule has 192 valence electrons. The maximum absolute atomic E-state index is 12.2. The lowest BCUT2D eigenvalue weighted by molar-refractivity contribution is -0.183. The molecule has 3 fully saturated rings. The highest BCUT2D eigenvalue weighted by Crippen LogP contribution is 2.54. The zero-order chi connectivity index (χ0) is 25.5. The lowest BCUT2D eigenvalue weighted by Crippen LogP contribution is -2.45. The Morgan fingerprint density at radius 3 is 2.37 bits per heavy atom. The van der Waals surface area contributed by atoms with Crippen molar-refractivity contribution in [1.29, 1.82) is 0 Å². The molecule has 3 heterocycles. The second-order valence-corrected chi connectivity index (χ2v) is 10.1. The number of epoxide rings is 2. The van der Waals surface area contributed by atoms with Crippen molar-refractivity contribution < 1.29 is 42.8 Å². The zero-order valence-corrected chi connectivity index (χ0v) is 20.9. The average molecular weight is 491 g/mol. The molecule has 0 aromatic rings. The summed E-state index contributed by atoms with van der Waals surface area (Å²) >= 11 is 0. The van der Waals surface area contributed by atoms with Crippen LogP contribution in [0.4, 0.5) is 0 Å². The molecule has 2 saturated heterocycles. The Labute approximate surface area is 205 Å². The number of ether oxygens (including phenoxy) is 6. The summed E-state index contributed by atoms with van der Waals surface area (Å²) in [6, 6.07) is 0. The predicted molar refractivity (Wildman–Crippen MR) is 123 cm³/mol. The minimum Gasteiger partial charge on any atom is -0.462 e. The molecule has 0 N–H and O–H groups in total. The van der Waals surface area contributed by atoms with Gasteiger partial charge in [-0.2, -0.15) is 0 Å². The molecule has 9 heteroatoms.